The Hall–Kier alpha value is -2.16. The Morgan fingerprint density at radius 2 is 2.13 bits per heavy atom. The van der Waals surface area contributed by atoms with Gasteiger partial charge in [0, 0.05) is 38.6 Å². The summed E-state index contributed by atoms with van der Waals surface area (Å²) in [7, 11) is 3.87. The Kier molecular flexibility index (Phi) is 4.75. The minimum Gasteiger partial charge on any atom is -0.369 e. The van der Waals surface area contributed by atoms with Crippen LogP contribution in [0.5, 0.6) is 0 Å². The first-order valence-electron chi connectivity index (χ1n) is 7.69. The van der Waals surface area contributed by atoms with Crippen molar-refractivity contribution in [1.82, 2.24) is 9.80 Å². The standard InChI is InChI=1S/C18H20N4S/c1-21(2)13-20-18-16(10-19)15-8-9-22(12-17(15)23-18)11-14-6-4-3-5-7-14/h3-7,13H,8-9,11-12H2,1-2H3/b20-13+. The van der Waals surface area contributed by atoms with Gasteiger partial charge in [-0.1, -0.05) is 30.3 Å². The van der Waals surface area contributed by atoms with Crippen LogP contribution in [0.25, 0.3) is 0 Å². The summed E-state index contributed by atoms with van der Waals surface area (Å²) in [6.07, 6.45) is 2.69. The van der Waals surface area contributed by atoms with E-state index >= 15 is 0 Å². The number of rotatable bonds is 4. The van der Waals surface area contributed by atoms with E-state index in [1.165, 1.54) is 16.0 Å². The Bertz CT molecular complexity index is 740. The lowest BCUT2D eigenvalue weighted by Gasteiger charge is -2.26. The van der Waals surface area contributed by atoms with Crippen molar-refractivity contribution in [2.45, 2.75) is 19.5 Å². The van der Waals surface area contributed by atoms with Gasteiger partial charge in [0.2, 0.25) is 0 Å². The maximum Gasteiger partial charge on any atom is 0.136 e. The van der Waals surface area contributed by atoms with E-state index in [0.29, 0.717) is 0 Å². The summed E-state index contributed by atoms with van der Waals surface area (Å²) in [5.41, 5.74) is 3.30. The Labute approximate surface area is 141 Å². The van der Waals surface area contributed by atoms with Gasteiger partial charge in [0.05, 0.1) is 11.9 Å². The highest BCUT2D eigenvalue weighted by atomic mass is 32.1. The average molecular weight is 324 g/mol. The van der Waals surface area contributed by atoms with Gasteiger partial charge in [0.25, 0.3) is 0 Å². The summed E-state index contributed by atoms with van der Waals surface area (Å²) < 4.78 is 0. The molecule has 1 aromatic carbocycles. The zero-order valence-corrected chi connectivity index (χ0v) is 14.3. The predicted octanol–water partition coefficient (Wildman–Crippen LogP) is 3.40. The first kappa shape index (κ1) is 15.7. The summed E-state index contributed by atoms with van der Waals surface area (Å²) in [5, 5.41) is 10.3. The van der Waals surface area contributed by atoms with Crippen LogP contribution in [0.15, 0.2) is 35.3 Å². The minimum atomic E-state index is 0.766. The third kappa shape index (κ3) is 3.61. The molecule has 23 heavy (non-hydrogen) atoms. The van der Waals surface area contributed by atoms with Crippen molar-refractivity contribution in [3.05, 3.63) is 51.9 Å². The normalized spacial score (nSPS) is 14.7. The molecule has 1 aromatic heterocycles. The van der Waals surface area contributed by atoms with Crippen molar-refractivity contribution in [3.8, 4) is 6.07 Å². The van der Waals surface area contributed by atoms with Crippen molar-refractivity contribution in [3.63, 3.8) is 0 Å². The van der Waals surface area contributed by atoms with Crippen molar-refractivity contribution >= 4 is 22.7 Å². The number of nitrogens with zero attached hydrogens (tertiary/aromatic N) is 4. The monoisotopic (exact) mass is 324 g/mol. The van der Waals surface area contributed by atoms with E-state index in [4.69, 9.17) is 0 Å². The van der Waals surface area contributed by atoms with Crippen molar-refractivity contribution in [2.24, 2.45) is 4.99 Å². The van der Waals surface area contributed by atoms with Gasteiger partial charge in [0.15, 0.2) is 0 Å². The number of hydrogen-bond donors (Lipinski definition) is 0. The van der Waals surface area contributed by atoms with Gasteiger partial charge in [-0.3, -0.25) is 4.90 Å². The second-order valence-electron chi connectivity index (χ2n) is 5.95. The molecule has 118 valence electrons. The molecule has 0 aliphatic carbocycles. The number of nitriles is 1. The molecular formula is C18H20N4S. The van der Waals surface area contributed by atoms with E-state index in [-0.39, 0.29) is 0 Å². The summed E-state index contributed by atoms with van der Waals surface area (Å²) >= 11 is 1.65. The van der Waals surface area contributed by atoms with Crippen LogP contribution in [0.3, 0.4) is 0 Å². The van der Waals surface area contributed by atoms with Crippen molar-refractivity contribution < 1.29 is 0 Å². The third-order valence-corrected chi connectivity index (χ3v) is 5.01. The molecule has 0 atom stereocenters. The number of hydrogen-bond acceptors (Lipinski definition) is 4. The largest absolute Gasteiger partial charge is 0.369 e. The molecule has 2 aromatic rings. The first-order valence-corrected chi connectivity index (χ1v) is 8.50. The third-order valence-electron chi connectivity index (χ3n) is 3.88. The molecule has 4 nitrogen and oxygen atoms in total. The van der Waals surface area contributed by atoms with Crippen LogP contribution < -0.4 is 0 Å². The molecule has 0 amide bonds. The molecule has 1 aliphatic rings. The summed E-state index contributed by atoms with van der Waals surface area (Å²) in [6, 6.07) is 12.9. The van der Waals surface area contributed by atoms with Crippen LogP contribution in [0.4, 0.5) is 5.00 Å². The molecule has 0 N–H and O–H groups in total. The Morgan fingerprint density at radius 1 is 1.35 bits per heavy atom. The molecule has 2 heterocycles. The molecular weight excluding hydrogens is 304 g/mol. The number of thiophene rings is 1. The molecule has 0 unspecified atom stereocenters. The van der Waals surface area contributed by atoms with Crippen LogP contribution >= 0.6 is 11.3 Å². The molecule has 5 heteroatoms. The van der Waals surface area contributed by atoms with Gasteiger partial charge in [-0.15, -0.1) is 11.3 Å². The lowest BCUT2D eigenvalue weighted by atomic mass is 10.0. The van der Waals surface area contributed by atoms with E-state index < -0.39 is 0 Å². The second-order valence-corrected chi connectivity index (χ2v) is 7.03. The second kappa shape index (κ2) is 6.95. The van der Waals surface area contributed by atoms with Crippen LogP contribution in [0.2, 0.25) is 0 Å². The van der Waals surface area contributed by atoms with E-state index in [0.717, 1.165) is 36.6 Å². The quantitative estimate of drug-likeness (QED) is 0.639. The van der Waals surface area contributed by atoms with Gasteiger partial charge in [-0.05, 0) is 17.5 Å². The van der Waals surface area contributed by atoms with Crippen molar-refractivity contribution in [2.75, 3.05) is 20.6 Å². The summed E-state index contributed by atoms with van der Waals surface area (Å²) in [6.45, 7) is 2.85. The van der Waals surface area contributed by atoms with Crippen LogP contribution in [-0.4, -0.2) is 36.8 Å². The van der Waals surface area contributed by atoms with Gasteiger partial charge in [0.1, 0.15) is 11.1 Å². The van der Waals surface area contributed by atoms with Crippen LogP contribution in [0.1, 0.15) is 21.6 Å². The molecule has 3 rings (SSSR count). The Morgan fingerprint density at radius 3 is 2.83 bits per heavy atom. The fourth-order valence-corrected chi connectivity index (χ4v) is 3.97. The van der Waals surface area contributed by atoms with E-state index in [1.807, 2.05) is 25.1 Å². The first-order chi connectivity index (χ1) is 11.2. The fourth-order valence-electron chi connectivity index (χ4n) is 2.79. The number of aliphatic imine (C=N–C) groups is 1. The highest BCUT2D eigenvalue weighted by Gasteiger charge is 2.24. The van der Waals surface area contributed by atoms with E-state index in [2.05, 4.69) is 40.2 Å². The molecule has 0 radical (unpaired) electrons. The summed E-state index contributed by atoms with van der Waals surface area (Å²) in [4.78, 5) is 10.1. The minimum absolute atomic E-state index is 0.766. The molecule has 0 saturated carbocycles. The topological polar surface area (TPSA) is 42.6 Å². The average Bonchev–Trinajstić information content (AvgIpc) is 2.90. The van der Waals surface area contributed by atoms with Gasteiger partial charge in [-0.25, -0.2) is 4.99 Å². The SMILES string of the molecule is CN(C)/C=N/c1sc2c(c1C#N)CCN(Cc1ccccc1)C2. The molecule has 0 saturated heterocycles. The zero-order chi connectivity index (χ0) is 16.2. The maximum atomic E-state index is 9.49. The zero-order valence-electron chi connectivity index (χ0n) is 13.5. The van der Waals surface area contributed by atoms with Crippen LogP contribution in [-0.2, 0) is 19.5 Å². The smallest absolute Gasteiger partial charge is 0.136 e. The van der Waals surface area contributed by atoms with Crippen molar-refractivity contribution in [1.29, 1.82) is 5.26 Å². The number of fused-ring (bicyclic) bond motifs is 1. The molecule has 1 aliphatic heterocycles. The lowest BCUT2D eigenvalue weighted by Crippen LogP contribution is -2.29. The molecule has 0 fully saturated rings. The van der Waals surface area contributed by atoms with Gasteiger partial charge in [-0.2, -0.15) is 5.26 Å². The summed E-state index contributed by atoms with van der Waals surface area (Å²) in [5.74, 6) is 0. The van der Waals surface area contributed by atoms with E-state index in [1.54, 1.807) is 17.7 Å². The highest BCUT2D eigenvalue weighted by molar-refractivity contribution is 7.16. The predicted molar refractivity (Wildman–Crippen MR) is 95.1 cm³/mol. The molecule has 0 spiro atoms. The van der Waals surface area contributed by atoms with E-state index in [9.17, 15) is 5.26 Å². The lowest BCUT2D eigenvalue weighted by molar-refractivity contribution is 0.249. The van der Waals surface area contributed by atoms with Gasteiger partial charge < -0.3 is 4.90 Å². The van der Waals surface area contributed by atoms with Crippen LogP contribution in [0, 0.1) is 11.3 Å². The highest BCUT2D eigenvalue weighted by Crippen LogP contribution is 2.38. The van der Waals surface area contributed by atoms with Gasteiger partial charge >= 0.3 is 0 Å². The fraction of sp³-hybridized carbons (Fsp3) is 0.333. The Balaban J connectivity index is 1.80. The number of benzene rings is 1. The molecule has 0 bridgehead atoms. The maximum absolute atomic E-state index is 9.49.